The number of amidine groups is 1. The van der Waals surface area contributed by atoms with E-state index in [1.807, 2.05) is 0 Å². The highest BCUT2D eigenvalue weighted by atomic mass is 16.5. The summed E-state index contributed by atoms with van der Waals surface area (Å²) in [5.74, 6) is 2.72. The van der Waals surface area contributed by atoms with Crippen molar-refractivity contribution in [2.24, 2.45) is 9.98 Å². The fourth-order valence-corrected chi connectivity index (χ4v) is 1.94. The maximum atomic E-state index is 11.7. The lowest BCUT2D eigenvalue weighted by atomic mass is 10.2. The number of rotatable bonds is 3. The second-order valence-electron chi connectivity index (χ2n) is 4.87. The van der Waals surface area contributed by atoms with Crippen molar-refractivity contribution < 1.29 is 14.3 Å². The molecule has 1 aromatic rings. The van der Waals surface area contributed by atoms with E-state index in [9.17, 15) is 9.59 Å². The Bertz CT molecular complexity index is 757. The monoisotopic (exact) mass is 324 g/mol. The average Bonchev–Trinajstić information content (AvgIpc) is 2.58. The SMILES string of the molecule is C#Cc1ccc(O/C(N=C)=N/C=C(\C)N2CCC(=O)NC2=O)cc1. The van der Waals surface area contributed by atoms with Crippen LogP contribution in [-0.4, -0.2) is 36.1 Å². The first-order chi connectivity index (χ1) is 11.5. The van der Waals surface area contributed by atoms with E-state index in [0.29, 0.717) is 18.0 Å². The van der Waals surface area contributed by atoms with Crippen molar-refractivity contribution in [3.05, 3.63) is 41.7 Å². The van der Waals surface area contributed by atoms with Gasteiger partial charge in [-0.3, -0.25) is 15.0 Å². The lowest BCUT2D eigenvalue weighted by Gasteiger charge is -2.26. The van der Waals surface area contributed by atoms with Gasteiger partial charge in [-0.1, -0.05) is 5.92 Å². The van der Waals surface area contributed by atoms with Crippen molar-refractivity contribution in [1.29, 1.82) is 0 Å². The summed E-state index contributed by atoms with van der Waals surface area (Å²) in [7, 11) is 0. The second kappa shape index (κ2) is 7.74. The number of allylic oxidation sites excluding steroid dienone is 1. The Balaban J connectivity index is 2.08. The summed E-state index contributed by atoms with van der Waals surface area (Å²) in [6.07, 6.45) is 6.96. The Kier molecular flexibility index (Phi) is 5.47. The number of aliphatic imine (C=N–C) groups is 2. The van der Waals surface area contributed by atoms with Crippen LogP contribution in [0.1, 0.15) is 18.9 Å². The number of nitrogens with zero attached hydrogens (tertiary/aromatic N) is 3. The summed E-state index contributed by atoms with van der Waals surface area (Å²) in [5.41, 5.74) is 1.28. The van der Waals surface area contributed by atoms with E-state index in [0.717, 1.165) is 5.56 Å². The molecule has 0 unspecified atom stereocenters. The molecule has 24 heavy (non-hydrogen) atoms. The molecule has 7 nitrogen and oxygen atoms in total. The molecule has 0 radical (unpaired) electrons. The van der Waals surface area contributed by atoms with Crippen LogP contribution in [0.2, 0.25) is 0 Å². The highest BCUT2D eigenvalue weighted by Crippen LogP contribution is 2.13. The quantitative estimate of drug-likeness (QED) is 0.524. The van der Waals surface area contributed by atoms with Crippen LogP contribution < -0.4 is 10.1 Å². The molecule has 1 aliphatic heterocycles. The van der Waals surface area contributed by atoms with Crippen LogP contribution in [0.3, 0.4) is 0 Å². The van der Waals surface area contributed by atoms with Gasteiger partial charge < -0.3 is 4.74 Å². The predicted octanol–water partition coefficient (Wildman–Crippen LogP) is 1.91. The molecule has 0 aliphatic carbocycles. The molecule has 1 aromatic carbocycles. The van der Waals surface area contributed by atoms with E-state index < -0.39 is 6.03 Å². The fourth-order valence-electron chi connectivity index (χ4n) is 1.94. The number of carbonyl (C=O) groups is 2. The van der Waals surface area contributed by atoms with Crippen molar-refractivity contribution >= 4 is 24.7 Å². The predicted molar refractivity (Wildman–Crippen MR) is 90.6 cm³/mol. The summed E-state index contributed by atoms with van der Waals surface area (Å²) in [4.78, 5) is 32.0. The van der Waals surface area contributed by atoms with Crippen molar-refractivity contribution in [2.75, 3.05) is 6.54 Å². The standard InChI is InChI=1S/C17H16N4O3/c1-4-13-5-7-14(8-6-13)24-16(18-3)19-11-12(2)21-10-9-15(22)20-17(21)23/h1,5-8,11H,3,9-10H2,2H3,(H,20,22,23)/b12-11+,19-16+. The van der Waals surface area contributed by atoms with Gasteiger partial charge in [0.1, 0.15) is 5.75 Å². The zero-order valence-electron chi connectivity index (χ0n) is 13.2. The lowest BCUT2D eigenvalue weighted by molar-refractivity contribution is -0.121. The van der Waals surface area contributed by atoms with Gasteiger partial charge in [0.15, 0.2) is 0 Å². The topological polar surface area (TPSA) is 83.4 Å². The van der Waals surface area contributed by atoms with Crippen LogP contribution in [0.5, 0.6) is 5.75 Å². The first-order valence-corrected chi connectivity index (χ1v) is 7.10. The maximum absolute atomic E-state index is 11.7. The summed E-state index contributed by atoms with van der Waals surface area (Å²) < 4.78 is 5.48. The number of urea groups is 1. The Morgan fingerprint density at radius 3 is 2.71 bits per heavy atom. The van der Waals surface area contributed by atoms with Crippen molar-refractivity contribution in [2.45, 2.75) is 13.3 Å². The van der Waals surface area contributed by atoms with Gasteiger partial charge >= 0.3 is 12.1 Å². The number of nitrogens with one attached hydrogen (secondary N) is 1. The summed E-state index contributed by atoms with van der Waals surface area (Å²) in [5, 5.41) is 2.24. The van der Waals surface area contributed by atoms with Gasteiger partial charge in [0.25, 0.3) is 0 Å². The third-order valence-electron chi connectivity index (χ3n) is 3.21. The van der Waals surface area contributed by atoms with Crippen LogP contribution >= 0.6 is 0 Å². The minimum absolute atomic E-state index is 0.0244. The molecule has 0 spiro atoms. The number of carbonyl (C=O) groups excluding carboxylic acids is 2. The largest absolute Gasteiger partial charge is 0.424 e. The van der Waals surface area contributed by atoms with Gasteiger partial charge in [0, 0.05) is 24.2 Å². The molecule has 0 atom stereocenters. The van der Waals surface area contributed by atoms with Gasteiger partial charge in [0.05, 0.1) is 6.20 Å². The molecule has 0 aromatic heterocycles. The van der Waals surface area contributed by atoms with Crippen molar-refractivity contribution in [1.82, 2.24) is 10.2 Å². The number of hydrogen-bond donors (Lipinski definition) is 1. The molecule has 0 bridgehead atoms. The molecule has 1 fully saturated rings. The lowest BCUT2D eigenvalue weighted by Crippen LogP contribution is -2.48. The van der Waals surface area contributed by atoms with E-state index in [1.165, 1.54) is 11.1 Å². The van der Waals surface area contributed by atoms with Crippen LogP contribution in [-0.2, 0) is 4.79 Å². The fraction of sp³-hybridized carbons (Fsp3) is 0.176. The molecule has 3 amide bonds. The number of terminal acetylenes is 1. The van der Waals surface area contributed by atoms with Gasteiger partial charge in [-0.2, -0.15) is 0 Å². The third-order valence-corrected chi connectivity index (χ3v) is 3.21. The summed E-state index contributed by atoms with van der Waals surface area (Å²) >= 11 is 0. The molecule has 2 rings (SSSR count). The first-order valence-electron chi connectivity index (χ1n) is 7.10. The molecule has 7 heteroatoms. The van der Waals surface area contributed by atoms with Gasteiger partial charge in [-0.25, -0.2) is 14.8 Å². The minimum atomic E-state index is -0.478. The average molecular weight is 324 g/mol. The van der Waals surface area contributed by atoms with Crippen molar-refractivity contribution in [3.63, 3.8) is 0 Å². The molecular weight excluding hydrogens is 308 g/mol. The maximum Gasteiger partial charge on any atom is 0.328 e. The number of amides is 3. The minimum Gasteiger partial charge on any atom is -0.424 e. The third kappa shape index (κ3) is 4.30. The molecule has 1 saturated heterocycles. The Morgan fingerprint density at radius 2 is 2.12 bits per heavy atom. The molecule has 0 saturated carbocycles. The van der Waals surface area contributed by atoms with E-state index in [2.05, 4.69) is 27.9 Å². The smallest absolute Gasteiger partial charge is 0.328 e. The van der Waals surface area contributed by atoms with Gasteiger partial charge in [0.2, 0.25) is 5.91 Å². The summed E-state index contributed by atoms with van der Waals surface area (Å²) in [6.45, 7) is 5.40. The van der Waals surface area contributed by atoms with E-state index in [-0.39, 0.29) is 18.3 Å². The van der Waals surface area contributed by atoms with Crippen LogP contribution in [0.4, 0.5) is 4.79 Å². The van der Waals surface area contributed by atoms with Crippen LogP contribution in [0.25, 0.3) is 0 Å². The molecular formula is C17H16N4O3. The molecule has 122 valence electrons. The van der Waals surface area contributed by atoms with E-state index >= 15 is 0 Å². The Hall–Kier alpha value is -3.40. The first kappa shape index (κ1) is 17.0. The summed E-state index contributed by atoms with van der Waals surface area (Å²) in [6, 6.07) is 6.38. The van der Waals surface area contributed by atoms with Crippen LogP contribution in [0.15, 0.2) is 46.1 Å². The highest BCUT2D eigenvalue weighted by molar-refractivity contribution is 5.97. The highest BCUT2D eigenvalue weighted by Gasteiger charge is 2.23. The molecule has 1 aliphatic rings. The normalized spacial score (nSPS) is 15.6. The van der Waals surface area contributed by atoms with E-state index in [4.69, 9.17) is 11.2 Å². The van der Waals surface area contributed by atoms with Gasteiger partial charge in [-0.05, 0) is 37.9 Å². The second-order valence-corrected chi connectivity index (χ2v) is 4.87. The number of hydrogen-bond acceptors (Lipinski definition) is 4. The number of imide groups is 1. The Labute approximate surface area is 139 Å². The van der Waals surface area contributed by atoms with Crippen molar-refractivity contribution in [3.8, 4) is 18.1 Å². The zero-order valence-corrected chi connectivity index (χ0v) is 13.2. The Morgan fingerprint density at radius 1 is 1.42 bits per heavy atom. The van der Waals surface area contributed by atoms with Gasteiger partial charge in [-0.15, -0.1) is 6.42 Å². The number of ether oxygens (including phenoxy) is 1. The molecule has 1 N–H and O–H groups in total. The van der Waals surface area contributed by atoms with Crippen LogP contribution in [0, 0.1) is 12.3 Å². The zero-order chi connectivity index (χ0) is 17.5. The molecule has 1 heterocycles. The number of benzene rings is 1. The van der Waals surface area contributed by atoms with E-state index in [1.54, 1.807) is 31.2 Å².